The van der Waals surface area contributed by atoms with Crippen molar-refractivity contribution < 1.29 is 8.63 Å². The van der Waals surface area contributed by atoms with Gasteiger partial charge in [-0.2, -0.15) is 0 Å². The average molecular weight is 339 g/mol. The Morgan fingerprint density at radius 2 is 1.62 bits per heavy atom. The third kappa shape index (κ3) is 3.83. The number of nitrogens with one attached hydrogen (secondary N) is 1. The van der Waals surface area contributed by atoms with Crippen molar-refractivity contribution in [2.45, 2.75) is 23.9 Å². The summed E-state index contributed by atoms with van der Waals surface area (Å²) in [5.41, 5.74) is 2.31. The Balaban J connectivity index is 1.83. The van der Waals surface area contributed by atoms with E-state index in [2.05, 4.69) is 24.4 Å². The van der Waals surface area contributed by atoms with Crippen LogP contribution in [0.1, 0.15) is 35.9 Å². The van der Waals surface area contributed by atoms with Crippen molar-refractivity contribution in [3.8, 4) is 0 Å². The number of hydrogen-bond acceptors (Lipinski definition) is 3. The fourth-order valence-corrected chi connectivity index (χ4v) is 3.26. The lowest BCUT2D eigenvalue weighted by Gasteiger charge is -2.23. The SMILES string of the molecule is C[C@H](N[C@@H](c1ccccc1)c1ccco1)c1ccc([S@@](C)=O)cc1. The molecule has 0 fully saturated rings. The Bertz CT molecular complexity index is 782. The first kappa shape index (κ1) is 16.7. The molecule has 0 radical (unpaired) electrons. The molecule has 124 valence electrons. The molecule has 0 spiro atoms. The fraction of sp³-hybridized carbons (Fsp3) is 0.200. The van der Waals surface area contributed by atoms with Crippen LogP contribution in [-0.2, 0) is 10.8 Å². The summed E-state index contributed by atoms with van der Waals surface area (Å²) in [6.07, 6.45) is 3.39. The Morgan fingerprint density at radius 3 is 2.21 bits per heavy atom. The zero-order valence-corrected chi connectivity index (χ0v) is 14.6. The second-order valence-electron chi connectivity index (χ2n) is 5.77. The maximum absolute atomic E-state index is 11.5. The highest BCUT2D eigenvalue weighted by Crippen LogP contribution is 2.26. The minimum absolute atomic E-state index is 0.0174. The summed E-state index contributed by atoms with van der Waals surface area (Å²) >= 11 is 0. The van der Waals surface area contributed by atoms with Crippen LogP contribution >= 0.6 is 0 Å². The Labute approximate surface area is 145 Å². The molecule has 0 bridgehead atoms. The lowest BCUT2D eigenvalue weighted by atomic mass is 10.0. The summed E-state index contributed by atoms with van der Waals surface area (Å²) in [4.78, 5) is 0.844. The third-order valence-corrected chi connectivity index (χ3v) is 5.03. The number of rotatable bonds is 6. The Hall–Kier alpha value is -2.17. The molecule has 4 heteroatoms. The van der Waals surface area contributed by atoms with E-state index in [0.717, 1.165) is 21.8 Å². The molecule has 0 saturated carbocycles. The van der Waals surface area contributed by atoms with Crippen molar-refractivity contribution in [2.75, 3.05) is 6.26 Å². The topological polar surface area (TPSA) is 42.2 Å². The van der Waals surface area contributed by atoms with Gasteiger partial charge in [0.25, 0.3) is 0 Å². The summed E-state index contributed by atoms with van der Waals surface area (Å²) < 4.78 is 17.2. The van der Waals surface area contributed by atoms with Crippen molar-refractivity contribution in [1.82, 2.24) is 5.32 Å². The van der Waals surface area contributed by atoms with Crippen molar-refractivity contribution in [3.05, 3.63) is 89.9 Å². The highest BCUT2D eigenvalue weighted by Gasteiger charge is 2.19. The monoisotopic (exact) mass is 339 g/mol. The number of hydrogen-bond donors (Lipinski definition) is 1. The molecule has 0 amide bonds. The summed E-state index contributed by atoms with van der Waals surface area (Å²) in [7, 11) is -0.951. The van der Waals surface area contributed by atoms with Crippen LogP contribution in [0.25, 0.3) is 0 Å². The maximum atomic E-state index is 11.5. The smallest absolute Gasteiger partial charge is 0.125 e. The van der Waals surface area contributed by atoms with Gasteiger partial charge in [-0.1, -0.05) is 42.5 Å². The molecular formula is C20H21NO2S. The van der Waals surface area contributed by atoms with Gasteiger partial charge in [0.15, 0.2) is 0 Å². The van der Waals surface area contributed by atoms with E-state index < -0.39 is 10.8 Å². The van der Waals surface area contributed by atoms with Crippen molar-refractivity contribution in [3.63, 3.8) is 0 Å². The van der Waals surface area contributed by atoms with Crippen LogP contribution in [0.3, 0.4) is 0 Å². The second-order valence-corrected chi connectivity index (χ2v) is 7.15. The number of furan rings is 1. The van der Waals surface area contributed by atoms with E-state index in [4.69, 9.17) is 4.42 Å². The minimum atomic E-state index is -0.951. The predicted octanol–water partition coefficient (Wildman–Crippen LogP) is 4.46. The first-order chi connectivity index (χ1) is 11.6. The van der Waals surface area contributed by atoms with Crippen LogP contribution in [0.15, 0.2) is 82.3 Å². The highest BCUT2D eigenvalue weighted by molar-refractivity contribution is 7.84. The molecule has 0 aliphatic carbocycles. The summed E-state index contributed by atoms with van der Waals surface area (Å²) in [5, 5.41) is 3.63. The quantitative estimate of drug-likeness (QED) is 0.721. The van der Waals surface area contributed by atoms with Crippen LogP contribution in [0, 0.1) is 0 Å². The molecule has 24 heavy (non-hydrogen) atoms. The molecule has 0 unspecified atom stereocenters. The van der Waals surface area contributed by atoms with Gasteiger partial charge in [-0.3, -0.25) is 9.53 Å². The van der Waals surface area contributed by atoms with Crippen LogP contribution in [0.4, 0.5) is 0 Å². The fourth-order valence-electron chi connectivity index (χ4n) is 2.74. The summed E-state index contributed by atoms with van der Waals surface area (Å²) in [6.45, 7) is 2.12. The van der Waals surface area contributed by atoms with E-state index in [1.165, 1.54) is 0 Å². The second kappa shape index (κ2) is 7.60. The molecule has 0 aliphatic heterocycles. The van der Waals surface area contributed by atoms with Crippen LogP contribution in [0.5, 0.6) is 0 Å². The highest BCUT2D eigenvalue weighted by atomic mass is 32.2. The van der Waals surface area contributed by atoms with Crippen molar-refractivity contribution in [1.29, 1.82) is 0 Å². The van der Waals surface area contributed by atoms with Crippen LogP contribution < -0.4 is 5.32 Å². The molecule has 0 saturated heterocycles. The molecular weight excluding hydrogens is 318 g/mol. The van der Waals surface area contributed by atoms with Gasteiger partial charge in [0, 0.05) is 28.0 Å². The van der Waals surface area contributed by atoms with Gasteiger partial charge in [-0.05, 0) is 42.3 Å². The molecule has 2 aromatic carbocycles. The molecule has 3 nitrogen and oxygen atoms in total. The lowest BCUT2D eigenvalue weighted by molar-refractivity contribution is 0.419. The molecule has 1 aromatic heterocycles. The van der Waals surface area contributed by atoms with E-state index in [1.54, 1.807) is 12.5 Å². The minimum Gasteiger partial charge on any atom is -0.467 e. The van der Waals surface area contributed by atoms with Gasteiger partial charge in [-0.25, -0.2) is 0 Å². The normalized spacial score (nSPS) is 14.9. The van der Waals surface area contributed by atoms with Gasteiger partial charge >= 0.3 is 0 Å². The van der Waals surface area contributed by atoms with Gasteiger partial charge in [-0.15, -0.1) is 0 Å². The standard InChI is InChI=1S/C20H21NO2S/c1-15(16-10-12-18(13-11-16)24(2)22)21-20(19-9-6-14-23-19)17-7-4-3-5-8-17/h3-15,20-21H,1-2H3/t15-,20-,24+/m0/s1. The van der Waals surface area contributed by atoms with Gasteiger partial charge in [0.1, 0.15) is 5.76 Å². The Kier molecular flexibility index (Phi) is 5.28. The molecule has 3 rings (SSSR count). The van der Waals surface area contributed by atoms with E-state index in [9.17, 15) is 4.21 Å². The maximum Gasteiger partial charge on any atom is 0.125 e. The average Bonchev–Trinajstić information content (AvgIpc) is 3.14. The summed E-state index contributed by atoms with van der Waals surface area (Å²) in [6, 6.07) is 22.2. The first-order valence-corrected chi connectivity index (χ1v) is 9.49. The van der Waals surface area contributed by atoms with Crippen molar-refractivity contribution >= 4 is 10.8 Å². The lowest BCUT2D eigenvalue weighted by Crippen LogP contribution is -2.25. The first-order valence-electron chi connectivity index (χ1n) is 7.93. The third-order valence-electron chi connectivity index (χ3n) is 4.09. The van der Waals surface area contributed by atoms with Gasteiger partial charge in [0.05, 0.1) is 12.3 Å². The molecule has 3 aromatic rings. The number of benzene rings is 2. The van der Waals surface area contributed by atoms with Crippen LogP contribution in [-0.4, -0.2) is 10.5 Å². The Morgan fingerprint density at radius 1 is 0.917 bits per heavy atom. The predicted molar refractivity (Wildman–Crippen MR) is 97.3 cm³/mol. The van der Waals surface area contributed by atoms with Crippen molar-refractivity contribution in [2.24, 2.45) is 0 Å². The van der Waals surface area contributed by atoms with Crippen LogP contribution in [0.2, 0.25) is 0 Å². The molecule has 1 heterocycles. The van der Waals surface area contributed by atoms with E-state index in [1.807, 2.05) is 54.6 Å². The zero-order valence-electron chi connectivity index (χ0n) is 13.8. The molecule has 1 N–H and O–H groups in total. The van der Waals surface area contributed by atoms with Gasteiger partial charge in [0.2, 0.25) is 0 Å². The molecule has 3 atom stereocenters. The zero-order chi connectivity index (χ0) is 16.9. The van der Waals surface area contributed by atoms with E-state index in [0.29, 0.717) is 0 Å². The molecule has 0 aliphatic rings. The summed E-state index contributed by atoms with van der Waals surface area (Å²) in [5.74, 6) is 0.888. The van der Waals surface area contributed by atoms with Gasteiger partial charge < -0.3 is 4.42 Å². The van der Waals surface area contributed by atoms with E-state index >= 15 is 0 Å². The largest absolute Gasteiger partial charge is 0.467 e. The van der Waals surface area contributed by atoms with E-state index in [-0.39, 0.29) is 12.1 Å².